The van der Waals surface area contributed by atoms with Gasteiger partial charge in [-0.05, 0) is 31.2 Å². The first-order chi connectivity index (χ1) is 14.1. The van der Waals surface area contributed by atoms with Crippen LogP contribution in [0.2, 0.25) is 0 Å². The van der Waals surface area contributed by atoms with E-state index in [1.165, 1.54) is 6.42 Å². The molecule has 3 amide bonds. The molecular formula is C22H33N3O4. The number of hydrogen-bond donors (Lipinski definition) is 4. The third-order valence-corrected chi connectivity index (χ3v) is 5.80. The first-order valence-electron chi connectivity index (χ1n) is 10.8. The van der Waals surface area contributed by atoms with Crippen molar-refractivity contribution in [2.45, 2.75) is 82.2 Å². The van der Waals surface area contributed by atoms with Crippen molar-refractivity contribution in [3.8, 4) is 0 Å². The third-order valence-electron chi connectivity index (χ3n) is 5.80. The van der Waals surface area contributed by atoms with Crippen molar-refractivity contribution in [3.05, 3.63) is 35.9 Å². The first-order valence-corrected chi connectivity index (χ1v) is 10.8. The predicted octanol–water partition coefficient (Wildman–Crippen LogP) is 2.23. The molecule has 0 bridgehead atoms. The fourth-order valence-corrected chi connectivity index (χ4v) is 4.16. The highest BCUT2D eigenvalue weighted by Gasteiger charge is 2.33. The van der Waals surface area contributed by atoms with E-state index in [9.17, 15) is 14.7 Å². The molecule has 29 heavy (non-hydrogen) atoms. The van der Waals surface area contributed by atoms with E-state index in [1.807, 2.05) is 30.3 Å². The number of carbonyl (C=O) groups is 2. The maximum absolute atomic E-state index is 12.3. The molecular weight excluding hydrogens is 370 g/mol. The molecule has 1 saturated carbocycles. The Labute approximate surface area is 172 Å². The van der Waals surface area contributed by atoms with Crippen LogP contribution in [-0.2, 0) is 16.1 Å². The van der Waals surface area contributed by atoms with E-state index in [0.717, 1.165) is 31.2 Å². The molecule has 7 nitrogen and oxygen atoms in total. The molecule has 0 spiro atoms. The normalized spacial score (nSPS) is 25.2. The Hall–Kier alpha value is -2.12. The third kappa shape index (κ3) is 7.01. The van der Waals surface area contributed by atoms with Gasteiger partial charge in [0.05, 0.1) is 25.2 Å². The van der Waals surface area contributed by atoms with E-state index < -0.39 is 6.10 Å². The largest absolute Gasteiger partial charge is 0.394 e. The molecule has 1 saturated heterocycles. The van der Waals surface area contributed by atoms with E-state index in [4.69, 9.17) is 4.74 Å². The predicted molar refractivity (Wildman–Crippen MR) is 110 cm³/mol. The van der Waals surface area contributed by atoms with Crippen LogP contribution in [0.1, 0.15) is 56.9 Å². The molecule has 0 unspecified atom stereocenters. The number of aliphatic hydroxyl groups is 1. The minimum atomic E-state index is -0.493. The van der Waals surface area contributed by atoms with Gasteiger partial charge in [-0.1, -0.05) is 49.6 Å². The lowest BCUT2D eigenvalue weighted by molar-refractivity contribution is -0.130. The lowest BCUT2D eigenvalue weighted by atomic mass is 9.95. The van der Waals surface area contributed by atoms with Gasteiger partial charge >= 0.3 is 6.03 Å². The first kappa shape index (κ1) is 21.6. The molecule has 160 valence electrons. The Bertz CT molecular complexity index is 649. The topological polar surface area (TPSA) is 99.7 Å². The molecule has 3 rings (SSSR count). The molecule has 0 radical (unpaired) electrons. The Morgan fingerprint density at radius 1 is 1.00 bits per heavy atom. The van der Waals surface area contributed by atoms with Crippen molar-refractivity contribution in [3.63, 3.8) is 0 Å². The highest BCUT2D eigenvalue weighted by atomic mass is 16.5. The number of hydrogen-bond acceptors (Lipinski definition) is 4. The average Bonchev–Trinajstić information content (AvgIpc) is 2.74. The second kappa shape index (κ2) is 11.2. The zero-order valence-corrected chi connectivity index (χ0v) is 16.9. The van der Waals surface area contributed by atoms with Crippen molar-refractivity contribution in [1.29, 1.82) is 0 Å². The molecule has 0 aromatic heterocycles. The van der Waals surface area contributed by atoms with Crippen molar-refractivity contribution < 1.29 is 19.4 Å². The molecule has 1 heterocycles. The smallest absolute Gasteiger partial charge is 0.315 e. The van der Waals surface area contributed by atoms with Gasteiger partial charge in [0.1, 0.15) is 6.10 Å². The number of carbonyl (C=O) groups excluding carboxylic acids is 2. The standard InChI is InChI=1S/C22H33N3O4/c26-15-20-19(25-22(28)24-17-9-5-2-6-10-17)12-11-18(29-20)13-21(27)23-14-16-7-3-1-4-8-16/h1,3-4,7-8,17-20,26H,2,5-6,9-15H2,(H,23,27)(H2,24,25,28)/t18-,19+,20-/m0/s1. The molecule has 2 fully saturated rings. The van der Waals surface area contributed by atoms with Crippen LogP contribution in [0.15, 0.2) is 30.3 Å². The summed E-state index contributed by atoms with van der Waals surface area (Å²) in [6.45, 7) is 0.303. The Balaban J connectivity index is 1.40. The van der Waals surface area contributed by atoms with Crippen LogP contribution in [0.4, 0.5) is 4.79 Å². The average molecular weight is 404 g/mol. The fourth-order valence-electron chi connectivity index (χ4n) is 4.16. The summed E-state index contributed by atoms with van der Waals surface area (Å²) >= 11 is 0. The summed E-state index contributed by atoms with van der Waals surface area (Å²) in [6.07, 6.45) is 6.47. The Morgan fingerprint density at radius 3 is 2.48 bits per heavy atom. The van der Waals surface area contributed by atoms with Crippen molar-refractivity contribution in [1.82, 2.24) is 16.0 Å². The molecule has 1 aliphatic carbocycles. The summed E-state index contributed by atoms with van der Waals surface area (Å²) < 4.78 is 5.91. The number of ether oxygens (including phenoxy) is 1. The molecule has 1 aromatic carbocycles. The molecule has 4 N–H and O–H groups in total. The zero-order valence-electron chi connectivity index (χ0n) is 16.9. The summed E-state index contributed by atoms with van der Waals surface area (Å²) in [4.78, 5) is 24.5. The summed E-state index contributed by atoms with van der Waals surface area (Å²) in [5.41, 5.74) is 1.05. The number of nitrogens with one attached hydrogen (secondary N) is 3. The summed E-state index contributed by atoms with van der Waals surface area (Å²) in [5.74, 6) is -0.0722. The number of aliphatic hydroxyl groups excluding tert-OH is 1. The van der Waals surface area contributed by atoms with Crippen LogP contribution in [0, 0.1) is 0 Å². The SMILES string of the molecule is O=C(C[C@@H]1CC[C@@H](NC(=O)NC2CCCCC2)[C@H](CO)O1)NCc1ccccc1. The molecule has 1 aromatic rings. The van der Waals surface area contributed by atoms with Crippen LogP contribution in [-0.4, -0.2) is 47.9 Å². The van der Waals surface area contributed by atoms with E-state index >= 15 is 0 Å². The van der Waals surface area contributed by atoms with Crippen LogP contribution >= 0.6 is 0 Å². The van der Waals surface area contributed by atoms with Crippen molar-refractivity contribution >= 4 is 11.9 Å². The van der Waals surface area contributed by atoms with Crippen LogP contribution in [0.3, 0.4) is 0 Å². The van der Waals surface area contributed by atoms with Gasteiger partial charge in [-0.25, -0.2) is 4.79 Å². The van der Waals surface area contributed by atoms with Gasteiger partial charge in [-0.15, -0.1) is 0 Å². The second-order valence-electron chi connectivity index (χ2n) is 8.08. The van der Waals surface area contributed by atoms with Gasteiger partial charge in [-0.3, -0.25) is 4.79 Å². The summed E-state index contributed by atoms with van der Waals surface area (Å²) in [6, 6.07) is 9.55. The highest BCUT2D eigenvalue weighted by molar-refractivity contribution is 5.76. The van der Waals surface area contributed by atoms with Gasteiger partial charge < -0.3 is 25.8 Å². The van der Waals surface area contributed by atoms with Crippen LogP contribution < -0.4 is 16.0 Å². The Morgan fingerprint density at radius 2 is 1.76 bits per heavy atom. The number of benzene rings is 1. The van der Waals surface area contributed by atoms with Gasteiger partial charge in [0, 0.05) is 12.6 Å². The number of rotatable bonds is 7. The second-order valence-corrected chi connectivity index (χ2v) is 8.08. The van der Waals surface area contributed by atoms with E-state index in [1.54, 1.807) is 0 Å². The summed E-state index contributed by atoms with van der Waals surface area (Å²) in [5, 5.41) is 18.6. The van der Waals surface area contributed by atoms with E-state index in [-0.39, 0.29) is 43.2 Å². The minimum absolute atomic E-state index is 0.0722. The summed E-state index contributed by atoms with van der Waals surface area (Å²) in [7, 11) is 0. The van der Waals surface area contributed by atoms with Crippen LogP contribution in [0.5, 0.6) is 0 Å². The quantitative estimate of drug-likeness (QED) is 0.561. The fraction of sp³-hybridized carbons (Fsp3) is 0.636. The number of amides is 3. The monoisotopic (exact) mass is 403 g/mol. The van der Waals surface area contributed by atoms with Gasteiger partial charge in [-0.2, -0.15) is 0 Å². The molecule has 2 aliphatic rings. The molecule has 7 heteroatoms. The molecule has 3 atom stereocenters. The maximum Gasteiger partial charge on any atom is 0.315 e. The highest BCUT2D eigenvalue weighted by Crippen LogP contribution is 2.22. The van der Waals surface area contributed by atoms with E-state index in [2.05, 4.69) is 16.0 Å². The Kier molecular flexibility index (Phi) is 8.31. The van der Waals surface area contributed by atoms with E-state index in [0.29, 0.717) is 19.4 Å². The maximum atomic E-state index is 12.3. The molecule has 1 aliphatic heterocycles. The van der Waals surface area contributed by atoms with Crippen molar-refractivity contribution in [2.75, 3.05) is 6.61 Å². The van der Waals surface area contributed by atoms with Crippen LogP contribution in [0.25, 0.3) is 0 Å². The van der Waals surface area contributed by atoms with Gasteiger partial charge in [0.2, 0.25) is 5.91 Å². The van der Waals surface area contributed by atoms with Crippen molar-refractivity contribution in [2.24, 2.45) is 0 Å². The lowest BCUT2D eigenvalue weighted by Crippen LogP contribution is -2.55. The van der Waals surface area contributed by atoms with Gasteiger partial charge in [0.15, 0.2) is 0 Å². The zero-order chi connectivity index (χ0) is 20.5. The minimum Gasteiger partial charge on any atom is -0.394 e. The lowest BCUT2D eigenvalue weighted by Gasteiger charge is -2.36. The number of urea groups is 1. The van der Waals surface area contributed by atoms with Gasteiger partial charge in [0.25, 0.3) is 0 Å².